The predicted molar refractivity (Wildman–Crippen MR) is 47.1 cm³/mol. The van der Waals surface area contributed by atoms with Crippen molar-refractivity contribution in [3.05, 3.63) is 30.1 Å². The molecule has 0 radical (unpaired) electrons. The number of halogens is 1. The van der Waals surface area contributed by atoms with Gasteiger partial charge in [0.1, 0.15) is 5.82 Å². The van der Waals surface area contributed by atoms with Gasteiger partial charge in [-0.2, -0.15) is 0 Å². The molecule has 68 valence electrons. The Morgan fingerprint density at radius 3 is 2.77 bits per heavy atom. The van der Waals surface area contributed by atoms with E-state index in [4.69, 9.17) is 0 Å². The number of nitrogens with zero attached hydrogens (tertiary/aromatic N) is 1. The van der Waals surface area contributed by atoms with Gasteiger partial charge in [0.05, 0.1) is 5.69 Å². The normalized spacial score (nSPS) is 16.1. The van der Waals surface area contributed by atoms with E-state index in [0.717, 1.165) is 0 Å². The minimum Gasteiger partial charge on any atom is -0.336 e. The Morgan fingerprint density at radius 2 is 2.15 bits per heavy atom. The molecule has 0 aromatic heterocycles. The molecule has 1 aromatic carbocycles. The lowest BCUT2D eigenvalue weighted by molar-refractivity contribution is 0.252. The van der Waals surface area contributed by atoms with E-state index in [9.17, 15) is 9.18 Å². The molecular formula is C9H9FN2O. The quantitative estimate of drug-likeness (QED) is 0.695. The number of carbonyl (C=O) groups is 1. The fourth-order valence-electron chi connectivity index (χ4n) is 1.37. The smallest absolute Gasteiger partial charge is 0.322 e. The molecule has 1 saturated heterocycles. The number of anilines is 1. The van der Waals surface area contributed by atoms with Gasteiger partial charge in [0.15, 0.2) is 0 Å². The van der Waals surface area contributed by atoms with Crippen molar-refractivity contribution in [3.63, 3.8) is 0 Å². The number of nitrogens with one attached hydrogen (secondary N) is 1. The third kappa shape index (κ3) is 1.35. The molecular weight excluding hydrogens is 171 g/mol. The Labute approximate surface area is 75.2 Å². The molecule has 0 unspecified atom stereocenters. The summed E-state index contributed by atoms with van der Waals surface area (Å²) in [5.41, 5.74) is 0.345. The van der Waals surface area contributed by atoms with E-state index < -0.39 is 0 Å². The second-order valence-electron chi connectivity index (χ2n) is 2.83. The van der Waals surface area contributed by atoms with E-state index in [1.54, 1.807) is 18.2 Å². The Balaban J connectivity index is 2.34. The first-order valence-electron chi connectivity index (χ1n) is 4.09. The molecule has 2 amide bonds. The van der Waals surface area contributed by atoms with Crippen molar-refractivity contribution in [1.82, 2.24) is 5.32 Å². The van der Waals surface area contributed by atoms with Crippen LogP contribution in [-0.4, -0.2) is 19.1 Å². The minimum atomic E-state index is -0.362. The number of benzene rings is 1. The van der Waals surface area contributed by atoms with Crippen LogP contribution in [0.4, 0.5) is 14.9 Å². The summed E-state index contributed by atoms with van der Waals surface area (Å²) >= 11 is 0. The van der Waals surface area contributed by atoms with Crippen LogP contribution in [0.2, 0.25) is 0 Å². The molecule has 0 atom stereocenters. The summed E-state index contributed by atoms with van der Waals surface area (Å²) < 4.78 is 13.2. The van der Waals surface area contributed by atoms with Crippen molar-refractivity contribution < 1.29 is 9.18 Å². The summed E-state index contributed by atoms with van der Waals surface area (Å²) in [6.07, 6.45) is 0. The molecule has 0 spiro atoms. The van der Waals surface area contributed by atoms with Gasteiger partial charge in [0.25, 0.3) is 0 Å². The van der Waals surface area contributed by atoms with E-state index >= 15 is 0 Å². The lowest BCUT2D eigenvalue weighted by Crippen LogP contribution is -2.28. The van der Waals surface area contributed by atoms with Crippen molar-refractivity contribution in [2.45, 2.75) is 0 Å². The largest absolute Gasteiger partial charge is 0.336 e. The van der Waals surface area contributed by atoms with Gasteiger partial charge in [-0.05, 0) is 12.1 Å². The van der Waals surface area contributed by atoms with Crippen LogP contribution >= 0.6 is 0 Å². The number of hydrogen-bond acceptors (Lipinski definition) is 1. The maximum atomic E-state index is 13.2. The van der Waals surface area contributed by atoms with Crippen LogP contribution in [0, 0.1) is 5.82 Å². The molecule has 3 nitrogen and oxygen atoms in total. The second kappa shape index (κ2) is 3.05. The summed E-state index contributed by atoms with van der Waals surface area (Å²) in [6, 6.07) is 6.03. The number of amides is 2. The highest BCUT2D eigenvalue weighted by molar-refractivity contribution is 5.94. The van der Waals surface area contributed by atoms with Crippen molar-refractivity contribution in [3.8, 4) is 0 Å². The monoisotopic (exact) mass is 180 g/mol. The van der Waals surface area contributed by atoms with E-state index in [2.05, 4.69) is 5.32 Å². The van der Waals surface area contributed by atoms with Crippen molar-refractivity contribution >= 4 is 11.7 Å². The number of rotatable bonds is 1. The highest BCUT2D eigenvalue weighted by Gasteiger charge is 2.22. The van der Waals surface area contributed by atoms with Crippen LogP contribution in [0.25, 0.3) is 0 Å². The molecule has 0 aliphatic carbocycles. The minimum absolute atomic E-state index is 0.231. The molecule has 1 aliphatic rings. The Kier molecular flexibility index (Phi) is 1.88. The van der Waals surface area contributed by atoms with Crippen LogP contribution in [0.5, 0.6) is 0 Å². The number of carbonyl (C=O) groups excluding carboxylic acids is 1. The van der Waals surface area contributed by atoms with Crippen LogP contribution in [0.15, 0.2) is 24.3 Å². The van der Waals surface area contributed by atoms with Gasteiger partial charge in [0, 0.05) is 13.1 Å². The number of hydrogen-bond donors (Lipinski definition) is 1. The first kappa shape index (κ1) is 8.04. The molecule has 2 rings (SSSR count). The molecule has 0 saturated carbocycles. The molecule has 1 N–H and O–H groups in total. The first-order valence-corrected chi connectivity index (χ1v) is 4.09. The summed E-state index contributed by atoms with van der Waals surface area (Å²) in [6.45, 7) is 1.10. The summed E-state index contributed by atoms with van der Waals surface area (Å²) in [5, 5.41) is 2.62. The lowest BCUT2D eigenvalue weighted by Gasteiger charge is -2.14. The summed E-state index contributed by atoms with van der Waals surface area (Å²) in [4.78, 5) is 12.6. The average molecular weight is 180 g/mol. The SMILES string of the molecule is O=C1NCCN1c1ccccc1F. The van der Waals surface area contributed by atoms with Gasteiger partial charge >= 0.3 is 6.03 Å². The van der Waals surface area contributed by atoms with Gasteiger partial charge in [-0.15, -0.1) is 0 Å². The molecule has 4 heteroatoms. The fraction of sp³-hybridized carbons (Fsp3) is 0.222. The summed E-state index contributed by atoms with van der Waals surface area (Å²) in [5.74, 6) is -0.362. The van der Waals surface area contributed by atoms with Crippen LogP contribution < -0.4 is 10.2 Å². The first-order chi connectivity index (χ1) is 6.29. The van der Waals surface area contributed by atoms with Crippen LogP contribution in [0.3, 0.4) is 0 Å². The maximum Gasteiger partial charge on any atom is 0.322 e. The zero-order valence-corrected chi connectivity index (χ0v) is 6.96. The highest BCUT2D eigenvalue weighted by atomic mass is 19.1. The third-order valence-corrected chi connectivity index (χ3v) is 2.00. The van der Waals surface area contributed by atoms with Crippen molar-refractivity contribution in [1.29, 1.82) is 0 Å². The van der Waals surface area contributed by atoms with Crippen molar-refractivity contribution in [2.75, 3.05) is 18.0 Å². The van der Waals surface area contributed by atoms with Gasteiger partial charge in [-0.25, -0.2) is 9.18 Å². The average Bonchev–Trinajstić information content (AvgIpc) is 2.52. The van der Waals surface area contributed by atoms with Crippen molar-refractivity contribution in [2.24, 2.45) is 0 Å². The topological polar surface area (TPSA) is 32.3 Å². The zero-order chi connectivity index (χ0) is 9.26. The lowest BCUT2D eigenvalue weighted by atomic mass is 10.3. The molecule has 1 fully saturated rings. The molecule has 1 aliphatic heterocycles. The number of urea groups is 1. The summed E-state index contributed by atoms with van der Waals surface area (Å²) in [7, 11) is 0. The van der Waals surface area contributed by atoms with E-state index in [1.165, 1.54) is 11.0 Å². The highest BCUT2D eigenvalue weighted by Crippen LogP contribution is 2.19. The van der Waals surface area contributed by atoms with E-state index in [-0.39, 0.29) is 11.8 Å². The van der Waals surface area contributed by atoms with Gasteiger partial charge in [0.2, 0.25) is 0 Å². The van der Waals surface area contributed by atoms with Gasteiger partial charge in [-0.3, -0.25) is 4.90 Å². The second-order valence-corrected chi connectivity index (χ2v) is 2.83. The molecule has 1 heterocycles. The van der Waals surface area contributed by atoms with Crippen LogP contribution in [-0.2, 0) is 0 Å². The Morgan fingerprint density at radius 1 is 1.38 bits per heavy atom. The zero-order valence-electron chi connectivity index (χ0n) is 6.96. The molecule has 13 heavy (non-hydrogen) atoms. The fourth-order valence-corrected chi connectivity index (χ4v) is 1.37. The number of para-hydroxylation sites is 1. The predicted octanol–water partition coefficient (Wildman–Crippen LogP) is 1.36. The maximum absolute atomic E-state index is 13.2. The van der Waals surface area contributed by atoms with E-state index in [1.807, 2.05) is 0 Å². The molecule has 0 bridgehead atoms. The Hall–Kier alpha value is -1.58. The van der Waals surface area contributed by atoms with Crippen LogP contribution in [0.1, 0.15) is 0 Å². The third-order valence-electron chi connectivity index (χ3n) is 2.00. The standard InChI is InChI=1S/C9H9FN2O/c10-7-3-1-2-4-8(7)12-6-5-11-9(12)13/h1-4H,5-6H2,(H,11,13). The van der Waals surface area contributed by atoms with E-state index in [0.29, 0.717) is 18.8 Å². The molecule has 1 aromatic rings. The van der Waals surface area contributed by atoms with Gasteiger partial charge < -0.3 is 5.32 Å². The Bertz CT molecular complexity index is 340. The van der Waals surface area contributed by atoms with Gasteiger partial charge in [-0.1, -0.05) is 12.1 Å².